The lowest BCUT2D eigenvalue weighted by molar-refractivity contribution is 0.530. The van der Waals surface area contributed by atoms with Gasteiger partial charge in [-0.15, -0.1) is 11.3 Å². The first-order chi connectivity index (χ1) is 8.60. The number of hydrogen-bond donors (Lipinski definition) is 1. The highest BCUT2D eigenvalue weighted by Crippen LogP contribution is 2.26. The lowest BCUT2D eigenvalue weighted by Crippen LogP contribution is -2.23. The zero-order valence-corrected chi connectivity index (χ0v) is 12.5. The zero-order valence-electron chi connectivity index (χ0n) is 10.9. The predicted molar refractivity (Wildman–Crippen MR) is 77.4 cm³/mol. The summed E-state index contributed by atoms with van der Waals surface area (Å²) < 4.78 is 2.76. The van der Waals surface area contributed by atoms with Gasteiger partial charge in [0.25, 0.3) is 0 Å². The topological polar surface area (TPSA) is 29.9 Å². The third-order valence-electron chi connectivity index (χ3n) is 2.97. The minimum Gasteiger partial charge on any atom is -0.309 e. The van der Waals surface area contributed by atoms with Gasteiger partial charge in [-0.05, 0) is 31.7 Å². The molecule has 1 N–H and O–H groups in total. The summed E-state index contributed by atoms with van der Waals surface area (Å²) >= 11 is 7.61. The van der Waals surface area contributed by atoms with Crippen molar-refractivity contribution in [3.63, 3.8) is 0 Å². The fraction of sp³-hybridized carbons (Fsp3) is 0.462. The van der Waals surface area contributed by atoms with E-state index in [4.69, 9.17) is 11.6 Å². The van der Waals surface area contributed by atoms with Crippen molar-refractivity contribution < 1.29 is 0 Å². The summed E-state index contributed by atoms with van der Waals surface area (Å²) in [6.45, 7) is 5.12. The smallest absolute Gasteiger partial charge is 0.0931 e. The van der Waals surface area contributed by atoms with Crippen LogP contribution in [0.1, 0.15) is 29.2 Å². The van der Waals surface area contributed by atoms with Crippen LogP contribution in [0, 0.1) is 6.92 Å². The van der Waals surface area contributed by atoms with Crippen LogP contribution in [0.5, 0.6) is 0 Å². The SMILES string of the molecule is CCNC(Cc1ccc(Cl)s1)c1cc(C)n(C)n1. The number of aromatic nitrogens is 2. The number of nitrogens with one attached hydrogen (secondary N) is 1. The summed E-state index contributed by atoms with van der Waals surface area (Å²) in [4.78, 5) is 1.29. The van der Waals surface area contributed by atoms with Gasteiger partial charge in [0.05, 0.1) is 16.1 Å². The van der Waals surface area contributed by atoms with Crippen molar-refractivity contribution in [2.24, 2.45) is 7.05 Å². The van der Waals surface area contributed by atoms with E-state index in [1.54, 1.807) is 11.3 Å². The van der Waals surface area contributed by atoms with Crippen LogP contribution in [0.2, 0.25) is 4.34 Å². The summed E-state index contributed by atoms with van der Waals surface area (Å²) in [6.07, 6.45) is 0.932. The minimum absolute atomic E-state index is 0.254. The van der Waals surface area contributed by atoms with E-state index in [9.17, 15) is 0 Å². The second kappa shape index (κ2) is 5.87. The van der Waals surface area contributed by atoms with E-state index >= 15 is 0 Å². The molecule has 18 heavy (non-hydrogen) atoms. The van der Waals surface area contributed by atoms with Crippen molar-refractivity contribution in [3.05, 3.63) is 38.8 Å². The number of hydrogen-bond acceptors (Lipinski definition) is 3. The van der Waals surface area contributed by atoms with Gasteiger partial charge < -0.3 is 5.32 Å². The van der Waals surface area contributed by atoms with E-state index in [2.05, 4.69) is 36.4 Å². The van der Waals surface area contributed by atoms with E-state index < -0.39 is 0 Å². The highest BCUT2D eigenvalue weighted by Gasteiger charge is 2.16. The fourth-order valence-electron chi connectivity index (χ4n) is 1.95. The molecular formula is C13H18ClN3S. The molecule has 1 atom stereocenters. The number of likely N-dealkylation sites (N-methyl/N-ethyl adjacent to an activating group) is 1. The summed E-state index contributed by atoms with van der Waals surface area (Å²) in [5.74, 6) is 0. The van der Waals surface area contributed by atoms with Gasteiger partial charge in [0.1, 0.15) is 0 Å². The van der Waals surface area contributed by atoms with Crippen LogP contribution in [0.4, 0.5) is 0 Å². The van der Waals surface area contributed by atoms with Gasteiger partial charge in [0, 0.05) is 24.0 Å². The molecule has 0 spiro atoms. The minimum atomic E-state index is 0.254. The molecule has 1 unspecified atom stereocenters. The highest BCUT2D eigenvalue weighted by molar-refractivity contribution is 7.16. The first-order valence-electron chi connectivity index (χ1n) is 6.08. The standard InChI is InChI=1S/C13H18ClN3S/c1-4-15-11(8-10-5-6-13(14)18-10)12-7-9(2)17(3)16-12/h5-7,11,15H,4,8H2,1-3H3. The molecule has 2 aromatic rings. The highest BCUT2D eigenvalue weighted by atomic mass is 35.5. The van der Waals surface area contributed by atoms with E-state index in [0.717, 1.165) is 23.0 Å². The number of thiophene rings is 1. The molecule has 0 aliphatic carbocycles. The van der Waals surface area contributed by atoms with Gasteiger partial charge in [-0.25, -0.2) is 0 Å². The van der Waals surface area contributed by atoms with Gasteiger partial charge in [0.15, 0.2) is 0 Å². The third-order valence-corrected chi connectivity index (χ3v) is 4.23. The van der Waals surface area contributed by atoms with Crippen LogP contribution in [0.3, 0.4) is 0 Å². The van der Waals surface area contributed by atoms with Crippen molar-refractivity contribution in [1.82, 2.24) is 15.1 Å². The van der Waals surface area contributed by atoms with Gasteiger partial charge in [-0.1, -0.05) is 18.5 Å². The lowest BCUT2D eigenvalue weighted by Gasteiger charge is -2.14. The molecule has 0 aliphatic heterocycles. The van der Waals surface area contributed by atoms with Crippen LogP contribution < -0.4 is 5.32 Å². The Morgan fingerprint density at radius 2 is 2.28 bits per heavy atom. The molecule has 2 aromatic heterocycles. The molecule has 0 radical (unpaired) electrons. The van der Waals surface area contributed by atoms with E-state index in [0.29, 0.717) is 0 Å². The number of aryl methyl sites for hydroxylation is 2. The average molecular weight is 284 g/mol. The fourth-order valence-corrected chi connectivity index (χ4v) is 3.08. The monoisotopic (exact) mass is 283 g/mol. The molecule has 0 bridgehead atoms. The Morgan fingerprint density at radius 1 is 1.50 bits per heavy atom. The van der Waals surface area contributed by atoms with Crippen molar-refractivity contribution in [2.75, 3.05) is 6.54 Å². The number of rotatable bonds is 5. The summed E-state index contributed by atoms with van der Waals surface area (Å²) in [5, 5.41) is 8.04. The maximum absolute atomic E-state index is 5.97. The Balaban J connectivity index is 2.17. The Labute approximate surface area is 117 Å². The molecule has 0 aromatic carbocycles. The van der Waals surface area contributed by atoms with Gasteiger partial charge in [0.2, 0.25) is 0 Å². The molecule has 0 fully saturated rings. The van der Waals surface area contributed by atoms with Crippen molar-refractivity contribution in [3.8, 4) is 0 Å². The number of halogens is 1. The second-order valence-electron chi connectivity index (χ2n) is 4.35. The van der Waals surface area contributed by atoms with E-state index in [-0.39, 0.29) is 6.04 Å². The average Bonchev–Trinajstić information content (AvgIpc) is 2.86. The zero-order chi connectivity index (χ0) is 13.1. The second-order valence-corrected chi connectivity index (χ2v) is 6.15. The molecule has 5 heteroatoms. The Hall–Kier alpha value is -0.840. The van der Waals surface area contributed by atoms with E-state index in [1.165, 1.54) is 10.6 Å². The molecule has 2 rings (SSSR count). The summed E-state index contributed by atoms with van der Waals surface area (Å²) in [7, 11) is 1.98. The van der Waals surface area contributed by atoms with Gasteiger partial charge in [-0.2, -0.15) is 5.10 Å². The van der Waals surface area contributed by atoms with Crippen LogP contribution in [-0.4, -0.2) is 16.3 Å². The maximum Gasteiger partial charge on any atom is 0.0931 e. The predicted octanol–water partition coefficient (Wildman–Crippen LogP) is 3.34. The van der Waals surface area contributed by atoms with Gasteiger partial charge >= 0.3 is 0 Å². The first kappa shape index (κ1) is 13.6. The molecule has 0 saturated carbocycles. The quantitative estimate of drug-likeness (QED) is 0.912. The first-order valence-corrected chi connectivity index (χ1v) is 7.27. The van der Waals surface area contributed by atoms with Crippen molar-refractivity contribution in [1.29, 1.82) is 0 Å². The van der Waals surface area contributed by atoms with Crippen LogP contribution >= 0.6 is 22.9 Å². The van der Waals surface area contributed by atoms with Gasteiger partial charge in [-0.3, -0.25) is 4.68 Å². The molecule has 98 valence electrons. The maximum atomic E-state index is 5.97. The third kappa shape index (κ3) is 3.13. The van der Waals surface area contributed by atoms with Crippen LogP contribution in [0.15, 0.2) is 18.2 Å². The molecule has 0 amide bonds. The molecule has 2 heterocycles. The van der Waals surface area contributed by atoms with Crippen LogP contribution in [0.25, 0.3) is 0 Å². The molecule has 0 saturated heterocycles. The largest absolute Gasteiger partial charge is 0.309 e. The van der Waals surface area contributed by atoms with Crippen LogP contribution in [-0.2, 0) is 13.5 Å². The Kier molecular flexibility index (Phi) is 4.43. The lowest BCUT2D eigenvalue weighted by atomic mass is 10.1. The Morgan fingerprint density at radius 3 is 2.78 bits per heavy atom. The summed E-state index contributed by atoms with van der Waals surface area (Å²) in [6, 6.07) is 6.44. The Bertz CT molecular complexity index is 499. The van der Waals surface area contributed by atoms with Crippen molar-refractivity contribution >= 4 is 22.9 Å². The van der Waals surface area contributed by atoms with E-state index in [1.807, 2.05) is 17.8 Å². The normalized spacial score (nSPS) is 12.9. The number of nitrogens with zero attached hydrogens (tertiary/aromatic N) is 2. The van der Waals surface area contributed by atoms with Crippen molar-refractivity contribution in [2.45, 2.75) is 26.3 Å². The summed E-state index contributed by atoms with van der Waals surface area (Å²) in [5.41, 5.74) is 2.28. The molecular weight excluding hydrogens is 266 g/mol. The molecule has 0 aliphatic rings. The molecule has 3 nitrogen and oxygen atoms in total.